The topological polar surface area (TPSA) is 96.6 Å². The Morgan fingerprint density at radius 3 is 2.51 bits per heavy atom. The second kappa shape index (κ2) is 12.4. The zero-order valence-corrected chi connectivity index (χ0v) is 24.7. The van der Waals surface area contributed by atoms with Gasteiger partial charge in [0.1, 0.15) is 12.1 Å². The number of hydrogen-bond acceptors (Lipinski definition) is 4. The number of nitrogens with zero attached hydrogens (tertiary/aromatic N) is 3. The van der Waals surface area contributed by atoms with Crippen LogP contribution in [0.15, 0.2) is 97.2 Å². The lowest BCUT2D eigenvalue weighted by molar-refractivity contribution is -0.148. The third-order valence-corrected chi connectivity index (χ3v) is 8.63. The summed E-state index contributed by atoms with van der Waals surface area (Å²) in [5.74, 6) is -3.85. The smallest absolute Gasteiger partial charge is 0.250 e. The summed E-state index contributed by atoms with van der Waals surface area (Å²) in [6, 6.07) is 23.1. The van der Waals surface area contributed by atoms with Gasteiger partial charge in [-0.15, -0.1) is 0 Å². The number of carbonyl (C=O) groups excluding carboxylic acids is 3. The maximum Gasteiger partial charge on any atom is 0.250 e. The maximum absolute atomic E-state index is 14.6. The van der Waals surface area contributed by atoms with Crippen molar-refractivity contribution in [1.29, 1.82) is 0 Å². The Balaban J connectivity index is 1.38. The molecule has 2 N–H and O–H groups in total. The number of carbonyl (C=O) groups is 3. The number of amides is 3. The minimum atomic E-state index is -1.30. The first-order valence-electron chi connectivity index (χ1n) is 14.9. The number of rotatable bonds is 7. The summed E-state index contributed by atoms with van der Waals surface area (Å²) in [6.45, 7) is 1.96. The first kappa shape index (κ1) is 29.9. The molecule has 2 heterocycles. The molecule has 5 aromatic rings. The van der Waals surface area contributed by atoms with E-state index in [1.165, 1.54) is 15.9 Å². The van der Waals surface area contributed by atoms with Crippen molar-refractivity contribution < 1.29 is 23.2 Å². The highest BCUT2D eigenvalue weighted by atomic mass is 19.2. The van der Waals surface area contributed by atoms with Crippen molar-refractivity contribution in [3.05, 3.63) is 126 Å². The van der Waals surface area contributed by atoms with Crippen LogP contribution in [-0.4, -0.2) is 51.1 Å². The molecule has 0 spiro atoms. The van der Waals surface area contributed by atoms with Crippen LogP contribution in [0.4, 0.5) is 8.78 Å². The van der Waals surface area contributed by atoms with Gasteiger partial charge in [0.2, 0.25) is 11.8 Å². The third kappa shape index (κ3) is 5.98. The van der Waals surface area contributed by atoms with Crippen molar-refractivity contribution in [3.8, 4) is 0 Å². The zero-order valence-electron chi connectivity index (χ0n) is 24.7. The molecule has 228 valence electrons. The van der Waals surface area contributed by atoms with Crippen molar-refractivity contribution >= 4 is 39.4 Å². The monoisotopic (exact) mass is 606 g/mol. The highest BCUT2D eigenvalue weighted by molar-refractivity contribution is 5.94. The molecule has 4 aromatic carbocycles. The van der Waals surface area contributed by atoms with Crippen LogP contribution in [0, 0.1) is 11.6 Å². The van der Waals surface area contributed by atoms with Crippen LogP contribution in [0.1, 0.15) is 36.1 Å². The van der Waals surface area contributed by atoms with Gasteiger partial charge in [-0.25, -0.2) is 8.78 Å². The standard InChI is InChI=1S/C36H32F2N4O3/c1-22-15-17-41(32(35(39)44)21-25-8-4-7-24-6-2-3-10-28(24)25)36(45)34(27-12-13-29(37)30(38)20-27)42(22)33(43)19-23-11-14-31-26(18-23)9-5-16-40-31/h2-14,16,18,20,22,32,34H,15,17,19,21H2,1H3,(H2,39,44). The SMILES string of the molecule is CC1CCN(C(Cc2cccc3ccccc23)C(N)=O)C(=O)C(c2ccc(F)c(F)c2)N1C(=O)Cc1ccc2ncccc2c1. The molecule has 1 aliphatic heterocycles. The van der Waals surface area contributed by atoms with E-state index < -0.39 is 41.6 Å². The summed E-state index contributed by atoms with van der Waals surface area (Å²) in [7, 11) is 0. The molecule has 0 aliphatic carbocycles. The molecule has 1 aliphatic rings. The van der Waals surface area contributed by atoms with Crippen molar-refractivity contribution in [3.63, 3.8) is 0 Å². The number of fused-ring (bicyclic) bond motifs is 2. The molecule has 9 heteroatoms. The first-order chi connectivity index (χ1) is 21.7. The van der Waals surface area contributed by atoms with Gasteiger partial charge in [0.25, 0.3) is 5.91 Å². The summed E-state index contributed by atoms with van der Waals surface area (Å²) in [6.07, 6.45) is 2.16. The summed E-state index contributed by atoms with van der Waals surface area (Å²) < 4.78 is 28.7. The summed E-state index contributed by atoms with van der Waals surface area (Å²) >= 11 is 0. The quantitative estimate of drug-likeness (QED) is 0.265. The zero-order chi connectivity index (χ0) is 31.7. The van der Waals surface area contributed by atoms with Gasteiger partial charge in [0.15, 0.2) is 11.6 Å². The largest absolute Gasteiger partial charge is 0.368 e. The highest BCUT2D eigenvalue weighted by Crippen LogP contribution is 2.33. The van der Waals surface area contributed by atoms with E-state index in [2.05, 4.69) is 4.98 Å². The van der Waals surface area contributed by atoms with Crippen molar-refractivity contribution in [1.82, 2.24) is 14.8 Å². The first-order valence-corrected chi connectivity index (χ1v) is 14.9. The molecule has 0 saturated carbocycles. The van der Waals surface area contributed by atoms with Crippen LogP contribution in [-0.2, 0) is 27.2 Å². The Bertz CT molecular complexity index is 1920. The predicted octanol–water partition coefficient (Wildman–Crippen LogP) is 5.50. The lowest BCUT2D eigenvalue weighted by Gasteiger charge is -2.36. The Kier molecular flexibility index (Phi) is 8.26. The van der Waals surface area contributed by atoms with Crippen molar-refractivity contribution in [2.75, 3.05) is 6.54 Å². The van der Waals surface area contributed by atoms with E-state index in [-0.39, 0.29) is 30.9 Å². The number of hydrogen-bond donors (Lipinski definition) is 1. The van der Waals surface area contributed by atoms with Crippen molar-refractivity contribution in [2.45, 2.75) is 44.3 Å². The third-order valence-electron chi connectivity index (χ3n) is 8.63. The molecule has 1 saturated heterocycles. The van der Waals surface area contributed by atoms with Gasteiger partial charge in [-0.1, -0.05) is 60.7 Å². The predicted molar refractivity (Wildman–Crippen MR) is 168 cm³/mol. The van der Waals surface area contributed by atoms with E-state index in [0.717, 1.165) is 44.9 Å². The van der Waals surface area contributed by atoms with Crippen LogP contribution in [0.2, 0.25) is 0 Å². The fraction of sp³-hybridized carbons (Fsp3) is 0.222. The van der Waals surface area contributed by atoms with Gasteiger partial charge in [-0.3, -0.25) is 19.4 Å². The van der Waals surface area contributed by atoms with Crippen LogP contribution in [0.5, 0.6) is 0 Å². The number of benzene rings is 4. The van der Waals surface area contributed by atoms with E-state index in [4.69, 9.17) is 5.73 Å². The molecule has 0 bridgehead atoms. The Labute approximate surface area is 259 Å². The highest BCUT2D eigenvalue weighted by Gasteiger charge is 2.43. The van der Waals surface area contributed by atoms with Crippen LogP contribution in [0.3, 0.4) is 0 Å². The van der Waals surface area contributed by atoms with E-state index in [1.54, 1.807) is 6.20 Å². The summed E-state index contributed by atoms with van der Waals surface area (Å²) in [4.78, 5) is 48.8. The summed E-state index contributed by atoms with van der Waals surface area (Å²) in [5, 5.41) is 2.78. The van der Waals surface area contributed by atoms with Crippen LogP contribution >= 0.6 is 0 Å². The van der Waals surface area contributed by atoms with Gasteiger partial charge in [-0.05, 0) is 71.1 Å². The average molecular weight is 607 g/mol. The Hall–Kier alpha value is -5.18. The normalized spacial score (nSPS) is 17.8. The number of halogens is 2. The molecule has 7 nitrogen and oxygen atoms in total. The molecule has 1 aromatic heterocycles. The van der Waals surface area contributed by atoms with Gasteiger partial charge in [0, 0.05) is 30.6 Å². The number of nitrogens with two attached hydrogens (primary N) is 1. The number of pyridine rings is 1. The van der Waals surface area contributed by atoms with Gasteiger partial charge >= 0.3 is 0 Å². The maximum atomic E-state index is 14.6. The number of primary amides is 1. The van der Waals surface area contributed by atoms with E-state index in [9.17, 15) is 23.2 Å². The number of aromatic nitrogens is 1. The van der Waals surface area contributed by atoms with E-state index in [1.807, 2.05) is 79.7 Å². The van der Waals surface area contributed by atoms with Crippen LogP contribution < -0.4 is 5.73 Å². The molecule has 1 fully saturated rings. The Morgan fingerprint density at radius 1 is 0.933 bits per heavy atom. The van der Waals surface area contributed by atoms with E-state index in [0.29, 0.717) is 6.42 Å². The second-order valence-electron chi connectivity index (χ2n) is 11.5. The van der Waals surface area contributed by atoms with E-state index >= 15 is 0 Å². The minimum absolute atomic E-state index is 0.0299. The molecular weight excluding hydrogens is 574 g/mol. The lowest BCUT2D eigenvalue weighted by Crippen LogP contribution is -2.52. The fourth-order valence-corrected chi connectivity index (χ4v) is 6.33. The summed E-state index contributed by atoms with van der Waals surface area (Å²) in [5.41, 5.74) is 8.40. The molecule has 0 radical (unpaired) electrons. The van der Waals surface area contributed by atoms with Gasteiger partial charge in [-0.2, -0.15) is 0 Å². The molecule has 45 heavy (non-hydrogen) atoms. The van der Waals surface area contributed by atoms with Gasteiger partial charge in [0.05, 0.1) is 11.9 Å². The van der Waals surface area contributed by atoms with Crippen molar-refractivity contribution in [2.24, 2.45) is 5.73 Å². The lowest BCUT2D eigenvalue weighted by atomic mass is 9.96. The van der Waals surface area contributed by atoms with Crippen LogP contribution in [0.25, 0.3) is 21.7 Å². The molecule has 3 atom stereocenters. The fourth-order valence-electron chi connectivity index (χ4n) is 6.33. The Morgan fingerprint density at radius 2 is 1.71 bits per heavy atom. The average Bonchev–Trinajstić information content (AvgIpc) is 3.16. The minimum Gasteiger partial charge on any atom is -0.368 e. The molecular formula is C36H32F2N4O3. The molecule has 3 amide bonds. The van der Waals surface area contributed by atoms with Gasteiger partial charge < -0.3 is 15.5 Å². The molecule has 3 unspecified atom stereocenters. The molecule has 6 rings (SSSR count). The second-order valence-corrected chi connectivity index (χ2v) is 11.5.